The second-order valence-corrected chi connectivity index (χ2v) is 4.88. The molecule has 0 aliphatic rings. The van der Waals surface area contributed by atoms with Gasteiger partial charge in [0.1, 0.15) is 11.5 Å². The Morgan fingerprint density at radius 3 is 2.55 bits per heavy atom. The monoisotopic (exact) mass is 311 g/mol. The topological polar surface area (TPSA) is 52.4 Å². The van der Waals surface area contributed by atoms with Crippen LogP contribution in [0.4, 0.5) is 5.69 Å². The van der Waals surface area contributed by atoms with Crippen molar-refractivity contribution in [1.82, 2.24) is 0 Å². The van der Waals surface area contributed by atoms with Crippen molar-refractivity contribution in [3.8, 4) is 11.5 Å². The minimum atomic E-state index is -0.429. The van der Waals surface area contributed by atoms with Crippen LogP contribution >= 0.6 is 23.2 Å². The molecule has 0 heterocycles. The van der Waals surface area contributed by atoms with Crippen molar-refractivity contribution in [1.29, 1.82) is 0 Å². The molecular weight excluding hydrogens is 301 g/mol. The number of rotatable bonds is 4. The molecule has 0 saturated heterocycles. The van der Waals surface area contributed by atoms with Crippen molar-refractivity contribution in [2.75, 3.05) is 0 Å². The van der Waals surface area contributed by atoms with Gasteiger partial charge in [-0.25, -0.2) is 0 Å². The van der Waals surface area contributed by atoms with Gasteiger partial charge >= 0.3 is 0 Å². The number of aryl methyl sites for hydroxylation is 1. The Morgan fingerprint density at radius 1 is 1.25 bits per heavy atom. The highest BCUT2D eigenvalue weighted by atomic mass is 35.5. The molecule has 0 fully saturated rings. The fourth-order valence-corrected chi connectivity index (χ4v) is 2.14. The van der Waals surface area contributed by atoms with Crippen molar-refractivity contribution >= 4 is 28.9 Å². The summed E-state index contributed by atoms with van der Waals surface area (Å²) in [5, 5.41) is 11.2. The van der Waals surface area contributed by atoms with Crippen LogP contribution in [0, 0.1) is 17.0 Å². The molecule has 4 nitrogen and oxygen atoms in total. The summed E-state index contributed by atoms with van der Waals surface area (Å²) >= 11 is 11.8. The van der Waals surface area contributed by atoms with Crippen LogP contribution in [0.3, 0.4) is 0 Å². The molecule has 0 aromatic heterocycles. The number of nitro groups is 1. The summed E-state index contributed by atoms with van der Waals surface area (Å²) in [6, 6.07) is 9.80. The molecule has 0 unspecified atom stereocenters. The van der Waals surface area contributed by atoms with E-state index < -0.39 is 4.92 Å². The van der Waals surface area contributed by atoms with Gasteiger partial charge in [0.2, 0.25) is 0 Å². The fraction of sp³-hybridized carbons (Fsp3) is 0.143. The van der Waals surface area contributed by atoms with Crippen LogP contribution < -0.4 is 4.74 Å². The van der Waals surface area contributed by atoms with Crippen LogP contribution in [0.15, 0.2) is 36.4 Å². The van der Waals surface area contributed by atoms with E-state index in [1.165, 1.54) is 12.1 Å². The molecule has 0 amide bonds. The number of nitro benzene ring substituents is 1. The molecule has 0 spiro atoms. The zero-order valence-electron chi connectivity index (χ0n) is 10.6. The summed E-state index contributed by atoms with van der Waals surface area (Å²) in [4.78, 5) is 10.3. The highest BCUT2D eigenvalue weighted by molar-refractivity contribution is 6.32. The van der Waals surface area contributed by atoms with Gasteiger partial charge in [-0.15, -0.1) is 11.6 Å². The molecule has 2 rings (SSSR count). The minimum absolute atomic E-state index is 0.0564. The summed E-state index contributed by atoms with van der Waals surface area (Å²) in [6.45, 7) is 1.66. The van der Waals surface area contributed by atoms with Gasteiger partial charge in [0.25, 0.3) is 5.69 Å². The molecule has 0 atom stereocenters. The molecule has 0 N–H and O–H groups in total. The van der Waals surface area contributed by atoms with Crippen LogP contribution in [0.25, 0.3) is 0 Å². The van der Waals surface area contributed by atoms with E-state index in [1.54, 1.807) is 25.1 Å². The second kappa shape index (κ2) is 6.11. The maximum Gasteiger partial charge on any atom is 0.272 e. The van der Waals surface area contributed by atoms with E-state index in [4.69, 9.17) is 27.9 Å². The van der Waals surface area contributed by atoms with Gasteiger partial charge in [0.05, 0.1) is 9.95 Å². The normalized spacial score (nSPS) is 10.3. The SMILES string of the molecule is Cc1cc(Oc2ccc(CCl)cc2Cl)ccc1[N+](=O)[O-]. The number of benzene rings is 2. The van der Waals surface area contributed by atoms with Crippen LogP contribution in [0.5, 0.6) is 11.5 Å². The van der Waals surface area contributed by atoms with Crippen LogP contribution in [0.2, 0.25) is 5.02 Å². The van der Waals surface area contributed by atoms with E-state index in [-0.39, 0.29) is 5.69 Å². The van der Waals surface area contributed by atoms with Crippen molar-refractivity contribution in [2.24, 2.45) is 0 Å². The van der Waals surface area contributed by atoms with Gasteiger partial charge < -0.3 is 4.74 Å². The summed E-state index contributed by atoms with van der Waals surface area (Å²) < 4.78 is 5.63. The molecule has 0 aliphatic carbocycles. The lowest BCUT2D eigenvalue weighted by molar-refractivity contribution is -0.385. The fourth-order valence-electron chi connectivity index (χ4n) is 1.73. The summed E-state index contributed by atoms with van der Waals surface area (Å²) in [5.41, 5.74) is 1.48. The van der Waals surface area contributed by atoms with Crippen molar-refractivity contribution in [2.45, 2.75) is 12.8 Å². The van der Waals surface area contributed by atoms with E-state index >= 15 is 0 Å². The van der Waals surface area contributed by atoms with Crippen LogP contribution in [-0.4, -0.2) is 4.92 Å². The van der Waals surface area contributed by atoms with Gasteiger partial charge in [-0.2, -0.15) is 0 Å². The smallest absolute Gasteiger partial charge is 0.272 e. The number of hydrogen-bond donors (Lipinski definition) is 0. The number of ether oxygens (including phenoxy) is 1. The number of halogens is 2. The first-order chi connectivity index (χ1) is 9.51. The van der Waals surface area contributed by atoms with Crippen molar-refractivity contribution in [3.63, 3.8) is 0 Å². The molecule has 20 heavy (non-hydrogen) atoms. The molecule has 0 saturated carbocycles. The van der Waals surface area contributed by atoms with Gasteiger partial charge in [0, 0.05) is 17.5 Å². The highest BCUT2D eigenvalue weighted by Crippen LogP contribution is 2.32. The van der Waals surface area contributed by atoms with Gasteiger partial charge in [-0.05, 0) is 36.8 Å². The van der Waals surface area contributed by atoms with Gasteiger partial charge in [-0.1, -0.05) is 17.7 Å². The number of alkyl halides is 1. The van der Waals surface area contributed by atoms with E-state index in [9.17, 15) is 10.1 Å². The Hall–Kier alpha value is -1.78. The molecular formula is C14H11Cl2NO3. The third-order valence-corrected chi connectivity index (χ3v) is 3.35. The Labute approximate surface area is 126 Å². The van der Waals surface area contributed by atoms with E-state index in [1.807, 2.05) is 6.07 Å². The van der Waals surface area contributed by atoms with E-state index in [2.05, 4.69) is 0 Å². The van der Waals surface area contributed by atoms with Gasteiger partial charge in [0.15, 0.2) is 0 Å². The molecule has 6 heteroatoms. The number of hydrogen-bond acceptors (Lipinski definition) is 3. The maximum absolute atomic E-state index is 10.7. The molecule has 0 aliphatic heterocycles. The minimum Gasteiger partial charge on any atom is -0.456 e. The first kappa shape index (κ1) is 14.6. The third-order valence-electron chi connectivity index (χ3n) is 2.74. The van der Waals surface area contributed by atoms with Crippen LogP contribution in [0.1, 0.15) is 11.1 Å². The Balaban J connectivity index is 2.26. The molecule has 2 aromatic rings. The summed E-state index contributed by atoms with van der Waals surface area (Å²) in [5.74, 6) is 1.35. The average Bonchev–Trinajstić information content (AvgIpc) is 2.40. The predicted molar refractivity (Wildman–Crippen MR) is 78.9 cm³/mol. The molecule has 104 valence electrons. The predicted octanol–water partition coefficient (Wildman–Crippen LogP) is 5.09. The average molecular weight is 312 g/mol. The van der Waals surface area contributed by atoms with Gasteiger partial charge in [-0.3, -0.25) is 10.1 Å². The maximum atomic E-state index is 10.7. The van der Waals surface area contributed by atoms with Crippen molar-refractivity contribution < 1.29 is 9.66 Å². The molecule has 0 radical (unpaired) electrons. The Bertz CT molecular complexity index is 659. The van der Waals surface area contributed by atoms with Crippen LogP contribution in [-0.2, 0) is 5.88 Å². The largest absolute Gasteiger partial charge is 0.456 e. The lowest BCUT2D eigenvalue weighted by atomic mass is 10.2. The van der Waals surface area contributed by atoms with E-state index in [0.29, 0.717) is 28.0 Å². The molecule has 0 bridgehead atoms. The quantitative estimate of drug-likeness (QED) is 0.449. The third kappa shape index (κ3) is 3.21. The summed E-state index contributed by atoms with van der Waals surface area (Å²) in [6.07, 6.45) is 0. The standard InChI is InChI=1S/C14H11Cl2NO3/c1-9-6-11(3-4-13(9)17(18)19)20-14-5-2-10(8-15)7-12(14)16/h2-7H,8H2,1H3. The lowest BCUT2D eigenvalue weighted by Crippen LogP contribution is -1.93. The summed E-state index contributed by atoms with van der Waals surface area (Å²) in [7, 11) is 0. The first-order valence-electron chi connectivity index (χ1n) is 5.78. The number of nitrogens with zero attached hydrogens (tertiary/aromatic N) is 1. The Kier molecular flexibility index (Phi) is 4.47. The lowest BCUT2D eigenvalue weighted by Gasteiger charge is -2.09. The van der Waals surface area contributed by atoms with Crippen molar-refractivity contribution in [3.05, 3.63) is 62.7 Å². The zero-order valence-corrected chi connectivity index (χ0v) is 12.1. The van der Waals surface area contributed by atoms with E-state index in [0.717, 1.165) is 5.56 Å². The zero-order chi connectivity index (χ0) is 14.7. The Morgan fingerprint density at radius 2 is 2.00 bits per heavy atom. The molecule has 2 aromatic carbocycles. The highest BCUT2D eigenvalue weighted by Gasteiger charge is 2.12. The second-order valence-electron chi connectivity index (χ2n) is 4.21. The first-order valence-corrected chi connectivity index (χ1v) is 6.70.